The van der Waals surface area contributed by atoms with E-state index in [1.807, 2.05) is 4.90 Å². The van der Waals surface area contributed by atoms with Crippen molar-refractivity contribution in [3.05, 3.63) is 0 Å². The zero-order chi connectivity index (χ0) is 13.7. The Kier molecular flexibility index (Phi) is 5.19. The van der Waals surface area contributed by atoms with Crippen LogP contribution in [0.2, 0.25) is 0 Å². The van der Waals surface area contributed by atoms with Crippen molar-refractivity contribution in [1.82, 2.24) is 10.2 Å². The maximum absolute atomic E-state index is 12.9. The van der Waals surface area contributed by atoms with Crippen LogP contribution in [0.5, 0.6) is 0 Å². The molecule has 0 aromatic rings. The van der Waals surface area contributed by atoms with Crippen molar-refractivity contribution in [2.45, 2.75) is 32.3 Å². The quantitative estimate of drug-likeness (QED) is 0.814. The first kappa shape index (κ1) is 14.8. The summed E-state index contributed by atoms with van der Waals surface area (Å²) >= 11 is 0. The monoisotopic (exact) mass is 270 g/mol. The second kappa shape index (κ2) is 6.68. The lowest BCUT2D eigenvalue weighted by molar-refractivity contribution is -0.155. The molecule has 2 rings (SSSR count). The topological polar surface area (TPSA) is 50.8 Å². The zero-order valence-electron chi connectivity index (χ0n) is 12.1. The van der Waals surface area contributed by atoms with Gasteiger partial charge in [0.2, 0.25) is 5.91 Å². The van der Waals surface area contributed by atoms with Gasteiger partial charge in [0, 0.05) is 20.2 Å². The van der Waals surface area contributed by atoms with Gasteiger partial charge < -0.3 is 19.7 Å². The van der Waals surface area contributed by atoms with Gasteiger partial charge in [-0.25, -0.2) is 0 Å². The summed E-state index contributed by atoms with van der Waals surface area (Å²) in [5, 5.41) is 3.32. The molecule has 0 aliphatic carbocycles. The van der Waals surface area contributed by atoms with Crippen molar-refractivity contribution in [1.29, 1.82) is 0 Å². The van der Waals surface area contributed by atoms with Crippen molar-refractivity contribution in [3.63, 3.8) is 0 Å². The molecular weight excluding hydrogens is 244 g/mol. The number of hydrogen-bond donors (Lipinski definition) is 1. The van der Waals surface area contributed by atoms with Crippen LogP contribution in [0.4, 0.5) is 0 Å². The smallest absolute Gasteiger partial charge is 0.231 e. The first-order valence-corrected chi connectivity index (χ1v) is 7.32. The molecule has 0 saturated carbocycles. The minimum atomic E-state index is -0.324. The van der Waals surface area contributed by atoms with Gasteiger partial charge in [0.15, 0.2) is 0 Å². The molecule has 0 bridgehead atoms. The van der Waals surface area contributed by atoms with Gasteiger partial charge in [-0.2, -0.15) is 0 Å². The molecule has 0 spiro atoms. The van der Waals surface area contributed by atoms with E-state index in [2.05, 4.69) is 12.2 Å². The second-order valence-electron chi connectivity index (χ2n) is 5.62. The number of hydrogen-bond acceptors (Lipinski definition) is 4. The van der Waals surface area contributed by atoms with Gasteiger partial charge in [-0.15, -0.1) is 0 Å². The minimum Gasteiger partial charge on any atom is -0.384 e. The maximum Gasteiger partial charge on any atom is 0.231 e. The zero-order valence-corrected chi connectivity index (χ0v) is 12.1. The number of nitrogens with zero attached hydrogens (tertiary/aromatic N) is 1. The van der Waals surface area contributed by atoms with Gasteiger partial charge in [-0.05, 0) is 32.4 Å². The number of ether oxygens (including phenoxy) is 2. The summed E-state index contributed by atoms with van der Waals surface area (Å²) in [5.74, 6) is 0.262. The van der Waals surface area contributed by atoms with Crippen molar-refractivity contribution in [3.8, 4) is 0 Å². The van der Waals surface area contributed by atoms with Gasteiger partial charge in [0.05, 0.1) is 24.7 Å². The van der Waals surface area contributed by atoms with E-state index in [1.54, 1.807) is 7.11 Å². The number of rotatable bonds is 4. The fourth-order valence-corrected chi connectivity index (χ4v) is 3.09. The number of nitrogens with one attached hydrogen (secondary N) is 1. The molecule has 5 heteroatoms. The summed E-state index contributed by atoms with van der Waals surface area (Å²) in [5.41, 5.74) is -0.324. The predicted octanol–water partition coefficient (Wildman–Crippen LogP) is 0.640. The number of piperidine rings is 1. The third kappa shape index (κ3) is 3.27. The van der Waals surface area contributed by atoms with Crippen LogP contribution in [0.25, 0.3) is 0 Å². The molecule has 0 aromatic heterocycles. The van der Waals surface area contributed by atoms with E-state index in [4.69, 9.17) is 9.47 Å². The van der Waals surface area contributed by atoms with Crippen LogP contribution in [0, 0.1) is 5.41 Å². The molecule has 2 aliphatic heterocycles. The van der Waals surface area contributed by atoms with E-state index in [1.165, 1.54) is 0 Å². The molecule has 1 N–H and O–H groups in total. The number of methoxy groups -OCH3 is 1. The normalized spacial score (nSPS) is 27.3. The van der Waals surface area contributed by atoms with E-state index in [9.17, 15) is 4.79 Å². The Bertz CT molecular complexity index is 298. The van der Waals surface area contributed by atoms with Crippen LogP contribution >= 0.6 is 0 Å². The summed E-state index contributed by atoms with van der Waals surface area (Å²) in [7, 11) is 1.69. The van der Waals surface area contributed by atoms with Gasteiger partial charge in [0.25, 0.3) is 0 Å². The molecule has 5 nitrogen and oxygen atoms in total. The van der Waals surface area contributed by atoms with Gasteiger partial charge >= 0.3 is 0 Å². The Morgan fingerprint density at radius 3 is 2.84 bits per heavy atom. The van der Waals surface area contributed by atoms with Crippen molar-refractivity contribution in [2.24, 2.45) is 5.41 Å². The number of amides is 1. The minimum absolute atomic E-state index is 0.194. The van der Waals surface area contributed by atoms with Crippen LogP contribution < -0.4 is 5.32 Å². The van der Waals surface area contributed by atoms with Crippen LogP contribution in [0.15, 0.2) is 0 Å². The van der Waals surface area contributed by atoms with Crippen LogP contribution in [0.1, 0.15) is 26.2 Å². The largest absolute Gasteiger partial charge is 0.384 e. The molecule has 110 valence electrons. The van der Waals surface area contributed by atoms with Crippen LogP contribution in [-0.4, -0.2) is 63.4 Å². The van der Waals surface area contributed by atoms with Crippen LogP contribution in [-0.2, 0) is 14.3 Å². The Morgan fingerprint density at radius 1 is 1.47 bits per heavy atom. The fraction of sp³-hybridized carbons (Fsp3) is 0.929. The van der Waals surface area contributed by atoms with E-state index in [0.29, 0.717) is 19.8 Å². The second-order valence-corrected chi connectivity index (χ2v) is 5.62. The van der Waals surface area contributed by atoms with E-state index >= 15 is 0 Å². The Balaban J connectivity index is 2.05. The SMILES string of the molecule is CCC1CN(C(=O)C2(COC)CCNCC2)CCO1. The fourth-order valence-electron chi connectivity index (χ4n) is 3.09. The molecular formula is C14H26N2O3. The highest BCUT2D eigenvalue weighted by Gasteiger charge is 2.43. The summed E-state index contributed by atoms with van der Waals surface area (Å²) in [6.07, 6.45) is 2.89. The molecule has 2 aliphatic rings. The lowest BCUT2D eigenvalue weighted by atomic mass is 9.78. The molecule has 1 amide bonds. The average molecular weight is 270 g/mol. The molecule has 1 atom stereocenters. The Hall–Kier alpha value is -0.650. The Morgan fingerprint density at radius 2 is 2.21 bits per heavy atom. The number of carbonyl (C=O) groups excluding carboxylic acids is 1. The summed E-state index contributed by atoms with van der Waals surface area (Å²) in [6.45, 7) is 6.54. The predicted molar refractivity (Wildman–Crippen MR) is 73.0 cm³/mol. The summed E-state index contributed by atoms with van der Waals surface area (Å²) < 4.78 is 11.0. The first-order valence-electron chi connectivity index (χ1n) is 7.32. The molecule has 2 saturated heterocycles. The molecule has 19 heavy (non-hydrogen) atoms. The molecule has 0 aromatic carbocycles. The average Bonchev–Trinajstić information content (AvgIpc) is 2.48. The molecule has 1 unspecified atom stereocenters. The number of carbonyl (C=O) groups is 1. The van der Waals surface area contributed by atoms with Gasteiger partial charge in [-0.1, -0.05) is 6.92 Å². The van der Waals surface area contributed by atoms with Crippen molar-refractivity contribution >= 4 is 5.91 Å². The molecule has 0 radical (unpaired) electrons. The van der Waals surface area contributed by atoms with Crippen molar-refractivity contribution < 1.29 is 14.3 Å². The molecule has 2 fully saturated rings. The molecule has 2 heterocycles. The van der Waals surface area contributed by atoms with Gasteiger partial charge in [-0.3, -0.25) is 4.79 Å². The summed E-state index contributed by atoms with van der Waals surface area (Å²) in [4.78, 5) is 14.9. The highest BCUT2D eigenvalue weighted by atomic mass is 16.5. The third-order valence-corrected chi connectivity index (χ3v) is 4.32. The highest BCUT2D eigenvalue weighted by molar-refractivity contribution is 5.83. The van der Waals surface area contributed by atoms with E-state index in [0.717, 1.165) is 38.9 Å². The standard InChI is InChI=1S/C14H26N2O3/c1-3-12-10-16(8-9-19-12)13(17)14(11-18-2)4-6-15-7-5-14/h12,15H,3-11H2,1-2H3. The van der Waals surface area contributed by atoms with Crippen molar-refractivity contribution in [2.75, 3.05) is 46.5 Å². The Labute approximate surface area is 115 Å². The summed E-state index contributed by atoms with van der Waals surface area (Å²) in [6, 6.07) is 0. The lowest BCUT2D eigenvalue weighted by Crippen LogP contribution is -2.55. The van der Waals surface area contributed by atoms with Gasteiger partial charge in [0.1, 0.15) is 0 Å². The van der Waals surface area contributed by atoms with Crippen LogP contribution in [0.3, 0.4) is 0 Å². The number of morpholine rings is 1. The third-order valence-electron chi connectivity index (χ3n) is 4.32. The van der Waals surface area contributed by atoms with E-state index in [-0.39, 0.29) is 17.4 Å². The highest BCUT2D eigenvalue weighted by Crippen LogP contribution is 2.32. The van der Waals surface area contributed by atoms with E-state index < -0.39 is 0 Å². The lowest BCUT2D eigenvalue weighted by Gasteiger charge is -2.42. The maximum atomic E-state index is 12.9. The first-order chi connectivity index (χ1) is 9.22.